The first-order valence-corrected chi connectivity index (χ1v) is 5.51. The number of ether oxygens (including phenoxy) is 3. The third kappa shape index (κ3) is 3.32. The topological polar surface area (TPSA) is 61.8 Å². The SMILES string of the molecule is CCC(=O)OC[C@@H](I)[C@@H]1COC(=O)O1. The maximum Gasteiger partial charge on any atom is 0.508 e. The second-order valence-electron chi connectivity index (χ2n) is 2.77. The zero-order chi connectivity index (χ0) is 10.6. The molecule has 0 bridgehead atoms. The Morgan fingerprint density at radius 1 is 1.79 bits per heavy atom. The van der Waals surface area contributed by atoms with Crippen molar-refractivity contribution in [3.05, 3.63) is 0 Å². The molecular weight excluding hydrogens is 303 g/mol. The average Bonchev–Trinajstić information content (AvgIpc) is 2.60. The van der Waals surface area contributed by atoms with Crippen LogP contribution in [-0.4, -0.2) is 35.4 Å². The molecule has 0 spiro atoms. The molecule has 0 amide bonds. The van der Waals surface area contributed by atoms with Crippen LogP contribution in [0.5, 0.6) is 0 Å². The highest BCUT2D eigenvalue weighted by Gasteiger charge is 2.31. The molecule has 0 aromatic heterocycles. The number of halogens is 1. The molecule has 1 saturated heterocycles. The van der Waals surface area contributed by atoms with Crippen molar-refractivity contribution < 1.29 is 23.8 Å². The van der Waals surface area contributed by atoms with E-state index in [-0.39, 0.29) is 29.2 Å². The van der Waals surface area contributed by atoms with Crippen molar-refractivity contribution in [1.29, 1.82) is 0 Å². The van der Waals surface area contributed by atoms with E-state index in [1.807, 2.05) is 0 Å². The molecule has 2 atom stereocenters. The van der Waals surface area contributed by atoms with Gasteiger partial charge in [-0.1, -0.05) is 29.5 Å². The molecule has 0 N–H and O–H groups in total. The molecule has 5 nitrogen and oxygen atoms in total. The van der Waals surface area contributed by atoms with Gasteiger partial charge in [0.25, 0.3) is 0 Å². The van der Waals surface area contributed by atoms with Gasteiger partial charge >= 0.3 is 12.1 Å². The Kier molecular flexibility index (Phi) is 4.43. The second-order valence-corrected chi connectivity index (χ2v) is 4.37. The molecule has 1 aliphatic rings. The number of hydrogen-bond donors (Lipinski definition) is 0. The van der Waals surface area contributed by atoms with Crippen molar-refractivity contribution >= 4 is 34.7 Å². The standard InChI is InChI=1S/C8H11IO5/c1-2-7(10)12-3-5(9)6-4-13-8(11)14-6/h5-6H,2-4H2,1H3/t5-,6+/m1/s1. The van der Waals surface area contributed by atoms with Crippen molar-refractivity contribution in [2.45, 2.75) is 23.4 Å². The first-order valence-electron chi connectivity index (χ1n) is 4.26. The lowest BCUT2D eigenvalue weighted by atomic mass is 10.3. The van der Waals surface area contributed by atoms with Gasteiger partial charge in [0.2, 0.25) is 0 Å². The van der Waals surface area contributed by atoms with E-state index in [1.165, 1.54) is 0 Å². The van der Waals surface area contributed by atoms with Crippen molar-refractivity contribution in [2.24, 2.45) is 0 Å². The van der Waals surface area contributed by atoms with E-state index in [1.54, 1.807) is 6.92 Å². The minimum atomic E-state index is -0.654. The van der Waals surface area contributed by atoms with Crippen LogP contribution in [0.3, 0.4) is 0 Å². The minimum absolute atomic E-state index is 0.0606. The van der Waals surface area contributed by atoms with E-state index in [4.69, 9.17) is 9.47 Å². The van der Waals surface area contributed by atoms with Crippen molar-refractivity contribution in [3.63, 3.8) is 0 Å². The van der Waals surface area contributed by atoms with E-state index < -0.39 is 6.16 Å². The molecule has 0 unspecified atom stereocenters. The minimum Gasteiger partial charge on any atom is -0.464 e. The lowest BCUT2D eigenvalue weighted by Gasteiger charge is -2.13. The molecule has 0 aromatic carbocycles. The van der Waals surface area contributed by atoms with Gasteiger partial charge in [-0.15, -0.1) is 0 Å². The van der Waals surface area contributed by atoms with Crippen LogP contribution in [0.2, 0.25) is 0 Å². The zero-order valence-corrected chi connectivity index (χ0v) is 9.85. The summed E-state index contributed by atoms with van der Waals surface area (Å²) in [4.78, 5) is 21.4. The Bertz CT molecular complexity index is 230. The fourth-order valence-electron chi connectivity index (χ4n) is 0.902. The molecule has 1 rings (SSSR count). The van der Waals surface area contributed by atoms with E-state index in [0.717, 1.165) is 0 Å². The van der Waals surface area contributed by atoms with Crippen LogP contribution < -0.4 is 0 Å². The number of hydrogen-bond acceptors (Lipinski definition) is 5. The van der Waals surface area contributed by atoms with Crippen LogP contribution in [0.15, 0.2) is 0 Å². The number of alkyl halides is 1. The average molecular weight is 314 g/mol. The third-order valence-corrected chi connectivity index (χ3v) is 2.87. The van der Waals surface area contributed by atoms with Gasteiger partial charge < -0.3 is 14.2 Å². The van der Waals surface area contributed by atoms with Gasteiger partial charge in [-0.25, -0.2) is 4.79 Å². The fraction of sp³-hybridized carbons (Fsp3) is 0.750. The van der Waals surface area contributed by atoms with E-state index in [0.29, 0.717) is 6.42 Å². The summed E-state index contributed by atoms with van der Waals surface area (Å²) in [6.07, 6.45) is -0.615. The largest absolute Gasteiger partial charge is 0.508 e. The van der Waals surface area contributed by atoms with Gasteiger partial charge in [0.1, 0.15) is 13.2 Å². The van der Waals surface area contributed by atoms with E-state index in [2.05, 4.69) is 27.3 Å². The van der Waals surface area contributed by atoms with Crippen molar-refractivity contribution in [1.82, 2.24) is 0 Å². The van der Waals surface area contributed by atoms with Gasteiger partial charge in [-0.3, -0.25) is 4.79 Å². The van der Waals surface area contributed by atoms with E-state index >= 15 is 0 Å². The van der Waals surface area contributed by atoms with Crippen LogP contribution in [0.25, 0.3) is 0 Å². The highest BCUT2D eigenvalue weighted by atomic mass is 127. The first-order chi connectivity index (χ1) is 6.63. The molecule has 6 heteroatoms. The lowest BCUT2D eigenvalue weighted by molar-refractivity contribution is -0.143. The summed E-state index contributed by atoms with van der Waals surface area (Å²) in [7, 11) is 0. The number of esters is 1. The summed E-state index contributed by atoms with van der Waals surface area (Å²) >= 11 is 2.07. The van der Waals surface area contributed by atoms with Gasteiger partial charge in [0.05, 0.1) is 3.92 Å². The molecule has 14 heavy (non-hydrogen) atoms. The highest BCUT2D eigenvalue weighted by Crippen LogP contribution is 2.17. The summed E-state index contributed by atoms with van der Waals surface area (Å²) in [6, 6.07) is 0. The predicted molar refractivity (Wildman–Crippen MR) is 55.3 cm³/mol. The van der Waals surface area contributed by atoms with Gasteiger partial charge in [0, 0.05) is 6.42 Å². The van der Waals surface area contributed by atoms with Crippen LogP contribution in [0.4, 0.5) is 4.79 Å². The number of carbonyl (C=O) groups excluding carboxylic acids is 2. The van der Waals surface area contributed by atoms with Gasteiger partial charge in [0.15, 0.2) is 6.10 Å². The third-order valence-electron chi connectivity index (χ3n) is 1.71. The Hall–Kier alpha value is -0.530. The molecule has 80 valence electrons. The predicted octanol–water partition coefficient (Wildman–Crippen LogP) is 1.28. The monoisotopic (exact) mass is 314 g/mol. The molecule has 0 saturated carbocycles. The zero-order valence-electron chi connectivity index (χ0n) is 7.70. The summed E-state index contributed by atoms with van der Waals surface area (Å²) in [5.41, 5.74) is 0. The van der Waals surface area contributed by atoms with Crippen molar-refractivity contribution in [2.75, 3.05) is 13.2 Å². The molecule has 1 aliphatic heterocycles. The quantitative estimate of drug-likeness (QED) is 0.444. The summed E-state index contributed by atoms with van der Waals surface area (Å²) in [6.45, 7) is 2.20. The Morgan fingerprint density at radius 3 is 3.00 bits per heavy atom. The summed E-state index contributed by atoms with van der Waals surface area (Å²) in [5, 5.41) is 0. The van der Waals surface area contributed by atoms with E-state index in [9.17, 15) is 9.59 Å². The maximum atomic E-state index is 10.8. The fourth-order valence-corrected chi connectivity index (χ4v) is 1.44. The Morgan fingerprint density at radius 2 is 2.50 bits per heavy atom. The smallest absolute Gasteiger partial charge is 0.464 e. The number of cyclic esters (lactones) is 2. The second kappa shape index (κ2) is 5.38. The molecule has 1 heterocycles. The molecule has 0 aliphatic carbocycles. The van der Waals surface area contributed by atoms with Crippen LogP contribution >= 0.6 is 22.6 Å². The lowest BCUT2D eigenvalue weighted by Crippen LogP contribution is -2.28. The Labute approximate surface area is 95.2 Å². The Balaban J connectivity index is 2.24. The molecular formula is C8H11IO5. The molecule has 1 fully saturated rings. The summed E-state index contributed by atoms with van der Waals surface area (Å²) < 4.78 is 14.3. The molecule has 0 radical (unpaired) electrons. The first kappa shape index (κ1) is 11.5. The van der Waals surface area contributed by atoms with Crippen LogP contribution in [0, 0.1) is 0 Å². The van der Waals surface area contributed by atoms with Crippen LogP contribution in [0.1, 0.15) is 13.3 Å². The van der Waals surface area contributed by atoms with Gasteiger partial charge in [-0.05, 0) is 0 Å². The maximum absolute atomic E-state index is 10.8. The summed E-state index contributed by atoms with van der Waals surface area (Å²) in [5.74, 6) is -0.253. The number of carbonyl (C=O) groups is 2. The highest BCUT2D eigenvalue weighted by molar-refractivity contribution is 14.1. The van der Waals surface area contributed by atoms with Gasteiger partial charge in [-0.2, -0.15) is 0 Å². The normalized spacial score (nSPS) is 22.4. The molecule has 0 aromatic rings. The van der Waals surface area contributed by atoms with Crippen molar-refractivity contribution in [3.8, 4) is 0 Å². The number of rotatable bonds is 4. The van der Waals surface area contributed by atoms with Crippen LogP contribution in [-0.2, 0) is 19.0 Å².